The van der Waals surface area contributed by atoms with Crippen LogP contribution in [0.3, 0.4) is 0 Å². The number of hydrogen-bond donors (Lipinski definition) is 0. The monoisotopic (exact) mass is 252 g/mol. The lowest BCUT2D eigenvalue weighted by Crippen LogP contribution is -2.06. The van der Waals surface area contributed by atoms with Crippen molar-refractivity contribution in [3.63, 3.8) is 0 Å². The molecule has 1 aromatic heterocycles. The molecule has 0 fully saturated rings. The van der Waals surface area contributed by atoms with Crippen LogP contribution in [0.25, 0.3) is 10.9 Å². The van der Waals surface area contributed by atoms with E-state index in [-0.39, 0.29) is 0 Å². The molecular weight excluding hydrogens is 232 g/mol. The topological polar surface area (TPSA) is 25.2 Å². The van der Waals surface area contributed by atoms with Crippen molar-refractivity contribution in [1.82, 2.24) is 4.98 Å². The molecule has 0 amide bonds. The van der Waals surface area contributed by atoms with E-state index < -0.39 is 0 Å². The van der Waals surface area contributed by atoms with E-state index >= 15 is 0 Å². The molecule has 19 heavy (non-hydrogen) atoms. The average Bonchev–Trinajstić information content (AvgIpc) is 2.46. The van der Waals surface area contributed by atoms with Crippen molar-refractivity contribution in [2.24, 2.45) is 4.99 Å². The second-order valence-electron chi connectivity index (χ2n) is 5.21. The maximum absolute atomic E-state index is 4.83. The van der Waals surface area contributed by atoms with Crippen LogP contribution in [0.15, 0.2) is 29.3 Å². The third kappa shape index (κ3) is 2.40. The highest BCUT2D eigenvalue weighted by molar-refractivity contribution is 5.93. The number of aliphatic imine (C=N–C) groups is 1. The molecule has 0 N–H and O–H groups in total. The van der Waals surface area contributed by atoms with E-state index in [1.54, 1.807) is 0 Å². The summed E-state index contributed by atoms with van der Waals surface area (Å²) in [6.07, 6.45) is 9.03. The Balaban J connectivity index is 2.19. The van der Waals surface area contributed by atoms with Crippen LogP contribution in [0, 0.1) is 0 Å². The minimum absolute atomic E-state index is 1.05. The summed E-state index contributed by atoms with van der Waals surface area (Å²) in [5, 5.41) is 1.20. The van der Waals surface area contributed by atoms with E-state index in [0.717, 1.165) is 31.2 Å². The van der Waals surface area contributed by atoms with Crippen LogP contribution in [0.4, 0.5) is 5.69 Å². The maximum Gasteiger partial charge on any atom is 0.0769 e. The Morgan fingerprint density at radius 2 is 2.05 bits per heavy atom. The Bertz CT molecular complexity index is 614. The fourth-order valence-corrected chi connectivity index (χ4v) is 2.78. The number of benzene rings is 1. The van der Waals surface area contributed by atoms with Gasteiger partial charge in [-0.2, -0.15) is 0 Å². The van der Waals surface area contributed by atoms with Gasteiger partial charge in [-0.1, -0.05) is 31.5 Å². The van der Waals surface area contributed by atoms with Gasteiger partial charge in [-0.05, 0) is 43.7 Å². The highest BCUT2D eigenvalue weighted by Crippen LogP contribution is 2.35. The molecule has 2 heteroatoms. The smallest absolute Gasteiger partial charge is 0.0769 e. The number of nitrogens with zero attached hydrogens (tertiary/aromatic N) is 2. The molecule has 0 atom stereocenters. The van der Waals surface area contributed by atoms with Gasteiger partial charge in [-0.25, -0.2) is 0 Å². The van der Waals surface area contributed by atoms with Crippen molar-refractivity contribution in [2.45, 2.75) is 45.4 Å². The first-order chi connectivity index (χ1) is 9.40. The molecule has 1 aromatic carbocycles. The van der Waals surface area contributed by atoms with E-state index in [9.17, 15) is 0 Å². The molecule has 0 spiro atoms. The number of aromatic nitrogens is 1. The zero-order valence-corrected chi connectivity index (χ0v) is 11.5. The summed E-state index contributed by atoms with van der Waals surface area (Å²) < 4.78 is 0. The highest BCUT2D eigenvalue weighted by atomic mass is 14.8. The number of rotatable bonds is 3. The normalized spacial score (nSPS) is 15.0. The van der Waals surface area contributed by atoms with Crippen LogP contribution in [-0.2, 0) is 12.8 Å². The summed E-state index contributed by atoms with van der Waals surface area (Å²) in [6, 6.07) is 8.39. The maximum atomic E-state index is 4.83. The second-order valence-corrected chi connectivity index (χ2v) is 5.21. The lowest BCUT2D eigenvalue weighted by molar-refractivity contribution is 0.672. The third-order valence-corrected chi connectivity index (χ3v) is 3.78. The van der Waals surface area contributed by atoms with Crippen LogP contribution in [0.2, 0.25) is 0 Å². The van der Waals surface area contributed by atoms with Gasteiger partial charge in [0.1, 0.15) is 0 Å². The molecule has 98 valence electrons. The molecule has 1 heterocycles. The SMILES string of the molecule is CCC/C=N\c1c2c(nc3ccccc13)CCCC2. The molecule has 0 bridgehead atoms. The van der Waals surface area contributed by atoms with Crippen molar-refractivity contribution >= 4 is 22.8 Å². The van der Waals surface area contributed by atoms with Crippen LogP contribution in [0.5, 0.6) is 0 Å². The zero-order valence-electron chi connectivity index (χ0n) is 11.5. The van der Waals surface area contributed by atoms with E-state index in [2.05, 4.69) is 37.4 Å². The number of hydrogen-bond acceptors (Lipinski definition) is 2. The van der Waals surface area contributed by atoms with E-state index in [4.69, 9.17) is 9.98 Å². The quantitative estimate of drug-likeness (QED) is 0.732. The fraction of sp³-hybridized carbons (Fsp3) is 0.412. The Hall–Kier alpha value is -1.70. The molecular formula is C17H20N2. The van der Waals surface area contributed by atoms with Gasteiger partial charge in [0.05, 0.1) is 11.2 Å². The predicted molar refractivity (Wildman–Crippen MR) is 81.4 cm³/mol. The van der Waals surface area contributed by atoms with Crippen molar-refractivity contribution in [1.29, 1.82) is 0 Å². The van der Waals surface area contributed by atoms with E-state index in [1.165, 1.54) is 35.2 Å². The summed E-state index contributed by atoms with van der Waals surface area (Å²) in [5.41, 5.74) is 4.92. The Morgan fingerprint density at radius 1 is 1.21 bits per heavy atom. The molecule has 0 saturated heterocycles. The minimum atomic E-state index is 1.05. The van der Waals surface area contributed by atoms with Gasteiger partial charge in [0.15, 0.2) is 0 Å². The van der Waals surface area contributed by atoms with Crippen LogP contribution < -0.4 is 0 Å². The van der Waals surface area contributed by atoms with Crippen LogP contribution in [0.1, 0.15) is 43.9 Å². The fourth-order valence-electron chi connectivity index (χ4n) is 2.78. The number of fused-ring (bicyclic) bond motifs is 2. The van der Waals surface area contributed by atoms with Crippen LogP contribution >= 0.6 is 0 Å². The number of aryl methyl sites for hydroxylation is 1. The predicted octanol–water partition coefficient (Wildman–Crippen LogP) is 4.62. The lowest BCUT2D eigenvalue weighted by atomic mass is 9.93. The Labute approximate surface area is 114 Å². The first kappa shape index (κ1) is 12.3. The lowest BCUT2D eigenvalue weighted by Gasteiger charge is -2.18. The summed E-state index contributed by atoms with van der Waals surface area (Å²) in [5.74, 6) is 0. The summed E-state index contributed by atoms with van der Waals surface area (Å²) in [7, 11) is 0. The summed E-state index contributed by atoms with van der Waals surface area (Å²) in [6.45, 7) is 2.19. The van der Waals surface area contributed by atoms with Gasteiger partial charge in [0.2, 0.25) is 0 Å². The molecule has 1 aliphatic carbocycles. The number of unbranched alkanes of at least 4 members (excludes halogenated alkanes) is 1. The number of pyridine rings is 1. The molecule has 0 radical (unpaired) electrons. The molecule has 2 nitrogen and oxygen atoms in total. The molecule has 3 rings (SSSR count). The number of para-hydroxylation sites is 1. The second kappa shape index (κ2) is 5.52. The minimum Gasteiger partial charge on any atom is -0.260 e. The highest BCUT2D eigenvalue weighted by Gasteiger charge is 2.17. The summed E-state index contributed by atoms with van der Waals surface area (Å²) in [4.78, 5) is 9.60. The Morgan fingerprint density at radius 3 is 2.95 bits per heavy atom. The standard InChI is InChI=1S/C17H20N2/c1-2-3-12-18-17-13-8-4-6-10-15(13)19-16-11-7-5-9-14(16)17/h4,6,8,10,12H,2-3,5,7,9,11H2,1H3/b18-12-. The molecule has 0 aliphatic heterocycles. The first-order valence-electron chi connectivity index (χ1n) is 7.33. The van der Waals surface area contributed by atoms with Crippen LogP contribution in [-0.4, -0.2) is 11.2 Å². The first-order valence-corrected chi connectivity index (χ1v) is 7.33. The van der Waals surface area contributed by atoms with Crippen molar-refractivity contribution < 1.29 is 0 Å². The van der Waals surface area contributed by atoms with E-state index in [0.29, 0.717) is 0 Å². The molecule has 0 saturated carbocycles. The van der Waals surface area contributed by atoms with E-state index in [1.807, 2.05) is 0 Å². The van der Waals surface area contributed by atoms with Gasteiger partial charge >= 0.3 is 0 Å². The van der Waals surface area contributed by atoms with Gasteiger partial charge < -0.3 is 0 Å². The van der Waals surface area contributed by atoms with Crippen molar-refractivity contribution in [3.05, 3.63) is 35.5 Å². The largest absolute Gasteiger partial charge is 0.260 e. The van der Waals surface area contributed by atoms with Gasteiger partial charge in [-0.3, -0.25) is 9.98 Å². The molecule has 2 aromatic rings. The van der Waals surface area contributed by atoms with Crippen molar-refractivity contribution in [3.8, 4) is 0 Å². The Kier molecular flexibility index (Phi) is 3.58. The van der Waals surface area contributed by atoms with Gasteiger partial charge in [0.25, 0.3) is 0 Å². The summed E-state index contributed by atoms with van der Waals surface area (Å²) >= 11 is 0. The third-order valence-electron chi connectivity index (χ3n) is 3.78. The van der Waals surface area contributed by atoms with Gasteiger partial charge in [-0.15, -0.1) is 0 Å². The molecule has 1 aliphatic rings. The van der Waals surface area contributed by atoms with Gasteiger partial charge in [0, 0.05) is 17.3 Å². The average molecular weight is 252 g/mol. The van der Waals surface area contributed by atoms with Crippen molar-refractivity contribution in [2.75, 3.05) is 0 Å². The zero-order chi connectivity index (χ0) is 13.1. The molecule has 0 unspecified atom stereocenters.